The number of hydrogen-bond acceptors (Lipinski definition) is 2. The Morgan fingerprint density at radius 2 is 2.29 bits per heavy atom. The Balaban J connectivity index is 2.18. The van der Waals surface area contributed by atoms with E-state index in [1.165, 1.54) is 11.3 Å². The molecule has 2 unspecified atom stereocenters. The average Bonchev–Trinajstić information content (AvgIpc) is 2.72. The molecule has 1 aromatic carbocycles. The second-order valence-corrected chi connectivity index (χ2v) is 4.52. The molecule has 0 radical (unpaired) electrons. The highest BCUT2D eigenvalue weighted by Crippen LogP contribution is 2.44. The molecule has 0 aromatic heterocycles. The lowest BCUT2D eigenvalue weighted by Gasteiger charge is -2.20. The number of hydrogen-bond donors (Lipinski definition) is 1. The van der Waals surface area contributed by atoms with E-state index in [1.807, 2.05) is 12.1 Å². The zero-order valence-corrected chi connectivity index (χ0v) is 8.88. The SMILES string of the molecule is CN1c2cccc(Cl)c2C2CNCC21. The highest BCUT2D eigenvalue weighted by atomic mass is 35.5. The first-order valence-corrected chi connectivity index (χ1v) is 5.39. The predicted molar refractivity (Wildman–Crippen MR) is 59.3 cm³/mol. The fourth-order valence-electron chi connectivity index (χ4n) is 2.75. The molecular weight excluding hydrogens is 196 g/mol. The molecule has 1 N–H and O–H groups in total. The third-order valence-electron chi connectivity index (χ3n) is 3.46. The molecular formula is C11H13ClN2. The molecule has 0 saturated carbocycles. The summed E-state index contributed by atoms with van der Waals surface area (Å²) in [5, 5.41) is 4.34. The van der Waals surface area contributed by atoms with Gasteiger partial charge in [-0.05, 0) is 12.1 Å². The quantitative estimate of drug-likeness (QED) is 0.700. The van der Waals surface area contributed by atoms with Crippen molar-refractivity contribution < 1.29 is 0 Å². The van der Waals surface area contributed by atoms with Gasteiger partial charge in [-0.2, -0.15) is 0 Å². The molecule has 0 spiro atoms. The van der Waals surface area contributed by atoms with Gasteiger partial charge in [0.25, 0.3) is 0 Å². The Kier molecular flexibility index (Phi) is 1.76. The second kappa shape index (κ2) is 2.88. The average molecular weight is 209 g/mol. The van der Waals surface area contributed by atoms with E-state index in [0.717, 1.165) is 18.1 Å². The summed E-state index contributed by atoms with van der Waals surface area (Å²) in [7, 11) is 2.16. The predicted octanol–water partition coefficient (Wildman–Crippen LogP) is 1.85. The van der Waals surface area contributed by atoms with E-state index in [0.29, 0.717) is 12.0 Å². The van der Waals surface area contributed by atoms with Gasteiger partial charge in [-0.1, -0.05) is 17.7 Å². The lowest BCUT2D eigenvalue weighted by Crippen LogP contribution is -2.31. The van der Waals surface area contributed by atoms with Gasteiger partial charge in [0, 0.05) is 48.4 Å². The van der Waals surface area contributed by atoms with Crippen LogP contribution in [0.25, 0.3) is 0 Å². The number of fused-ring (bicyclic) bond motifs is 3. The van der Waals surface area contributed by atoms with Crippen molar-refractivity contribution in [2.24, 2.45) is 0 Å². The topological polar surface area (TPSA) is 15.3 Å². The number of rotatable bonds is 0. The van der Waals surface area contributed by atoms with E-state index in [1.54, 1.807) is 0 Å². The van der Waals surface area contributed by atoms with Crippen LogP contribution in [0.3, 0.4) is 0 Å². The summed E-state index contributed by atoms with van der Waals surface area (Å²) in [6, 6.07) is 6.80. The van der Waals surface area contributed by atoms with E-state index in [2.05, 4.69) is 23.3 Å². The summed E-state index contributed by atoms with van der Waals surface area (Å²) in [5.74, 6) is 0.587. The molecule has 1 fully saturated rings. The molecule has 74 valence electrons. The zero-order chi connectivity index (χ0) is 9.71. The van der Waals surface area contributed by atoms with Gasteiger partial charge in [0.1, 0.15) is 0 Å². The van der Waals surface area contributed by atoms with Gasteiger partial charge in [-0.3, -0.25) is 0 Å². The molecule has 2 aliphatic rings. The van der Waals surface area contributed by atoms with Gasteiger partial charge >= 0.3 is 0 Å². The van der Waals surface area contributed by atoms with Crippen LogP contribution in [0.5, 0.6) is 0 Å². The highest BCUT2D eigenvalue weighted by Gasteiger charge is 2.40. The van der Waals surface area contributed by atoms with Gasteiger partial charge in [-0.25, -0.2) is 0 Å². The van der Waals surface area contributed by atoms with Crippen molar-refractivity contribution >= 4 is 17.3 Å². The number of anilines is 1. The Morgan fingerprint density at radius 3 is 3.14 bits per heavy atom. The Morgan fingerprint density at radius 1 is 1.43 bits per heavy atom. The summed E-state index contributed by atoms with van der Waals surface area (Å²) in [4.78, 5) is 2.35. The Labute approximate surface area is 88.9 Å². The zero-order valence-electron chi connectivity index (χ0n) is 8.13. The molecule has 0 aliphatic carbocycles. The fraction of sp³-hybridized carbons (Fsp3) is 0.455. The van der Waals surface area contributed by atoms with Crippen LogP contribution in [-0.4, -0.2) is 26.2 Å². The van der Waals surface area contributed by atoms with Crippen LogP contribution in [0.1, 0.15) is 11.5 Å². The minimum atomic E-state index is 0.587. The maximum Gasteiger partial charge on any atom is 0.0493 e. The van der Waals surface area contributed by atoms with E-state index in [-0.39, 0.29) is 0 Å². The van der Waals surface area contributed by atoms with Crippen LogP contribution in [0.15, 0.2) is 18.2 Å². The molecule has 1 aromatic rings. The lowest BCUT2D eigenvalue weighted by atomic mass is 9.98. The van der Waals surface area contributed by atoms with Crippen LogP contribution >= 0.6 is 11.6 Å². The minimum absolute atomic E-state index is 0.587. The van der Waals surface area contributed by atoms with Crippen LogP contribution < -0.4 is 10.2 Å². The number of nitrogens with one attached hydrogen (secondary N) is 1. The van der Waals surface area contributed by atoms with Crippen molar-refractivity contribution in [2.45, 2.75) is 12.0 Å². The molecule has 3 rings (SSSR count). The molecule has 0 amide bonds. The third-order valence-corrected chi connectivity index (χ3v) is 3.79. The molecule has 2 atom stereocenters. The monoisotopic (exact) mass is 208 g/mol. The van der Waals surface area contributed by atoms with Crippen molar-refractivity contribution in [3.05, 3.63) is 28.8 Å². The van der Waals surface area contributed by atoms with E-state index < -0.39 is 0 Å². The maximum absolute atomic E-state index is 6.25. The Hall–Kier alpha value is -0.730. The van der Waals surface area contributed by atoms with Crippen molar-refractivity contribution in [3.63, 3.8) is 0 Å². The van der Waals surface area contributed by atoms with Crippen molar-refractivity contribution in [2.75, 3.05) is 25.0 Å². The molecule has 3 heteroatoms. The van der Waals surface area contributed by atoms with Crippen molar-refractivity contribution in [1.82, 2.24) is 5.32 Å². The van der Waals surface area contributed by atoms with Crippen LogP contribution in [-0.2, 0) is 0 Å². The van der Waals surface area contributed by atoms with Gasteiger partial charge in [-0.15, -0.1) is 0 Å². The molecule has 1 saturated heterocycles. The third kappa shape index (κ3) is 0.956. The van der Waals surface area contributed by atoms with Gasteiger partial charge in [0.05, 0.1) is 0 Å². The summed E-state index contributed by atoms with van der Waals surface area (Å²) in [5.41, 5.74) is 2.65. The van der Waals surface area contributed by atoms with Gasteiger partial charge < -0.3 is 10.2 Å². The molecule has 14 heavy (non-hydrogen) atoms. The standard InChI is InChI=1S/C11H13ClN2/c1-14-9-4-2-3-8(12)11(9)7-5-13-6-10(7)14/h2-4,7,10,13H,5-6H2,1H3. The maximum atomic E-state index is 6.25. The fourth-order valence-corrected chi connectivity index (χ4v) is 3.05. The van der Waals surface area contributed by atoms with Crippen LogP contribution in [0.4, 0.5) is 5.69 Å². The summed E-state index contributed by atoms with van der Waals surface area (Å²) in [6.45, 7) is 2.14. The molecule has 2 heterocycles. The molecule has 2 nitrogen and oxygen atoms in total. The summed E-state index contributed by atoms with van der Waals surface area (Å²) >= 11 is 6.25. The largest absolute Gasteiger partial charge is 0.369 e. The smallest absolute Gasteiger partial charge is 0.0493 e. The summed E-state index contributed by atoms with van der Waals surface area (Å²) < 4.78 is 0. The summed E-state index contributed by atoms with van der Waals surface area (Å²) in [6.07, 6.45) is 0. The van der Waals surface area contributed by atoms with Crippen molar-refractivity contribution in [1.29, 1.82) is 0 Å². The van der Waals surface area contributed by atoms with Gasteiger partial charge in [0.2, 0.25) is 0 Å². The van der Waals surface area contributed by atoms with E-state index in [4.69, 9.17) is 11.6 Å². The lowest BCUT2D eigenvalue weighted by molar-refractivity contribution is 0.663. The highest BCUT2D eigenvalue weighted by molar-refractivity contribution is 6.32. The molecule has 0 bridgehead atoms. The number of likely N-dealkylation sites (N-methyl/N-ethyl adjacent to an activating group) is 1. The second-order valence-electron chi connectivity index (χ2n) is 4.12. The first-order chi connectivity index (χ1) is 6.79. The first-order valence-electron chi connectivity index (χ1n) is 5.01. The Bertz CT molecular complexity index is 378. The normalized spacial score (nSPS) is 29.1. The van der Waals surface area contributed by atoms with Gasteiger partial charge in [0.15, 0.2) is 0 Å². The first kappa shape index (κ1) is 8.57. The molecule has 2 aliphatic heterocycles. The number of nitrogens with zero attached hydrogens (tertiary/aromatic N) is 1. The van der Waals surface area contributed by atoms with E-state index >= 15 is 0 Å². The van der Waals surface area contributed by atoms with E-state index in [9.17, 15) is 0 Å². The van der Waals surface area contributed by atoms with Crippen molar-refractivity contribution in [3.8, 4) is 0 Å². The minimum Gasteiger partial charge on any atom is -0.369 e. The van der Waals surface area contributed by atoms with Crippen LogP contribution in [0, 0.1) is 0 Å². The number of halogens is 1. The number of benzene rings is 1. The van der Waals surface area contributed by atoms with Crippen LogP contribution in [0.2, 0.25) is 5.02 Å².